The fourth-order valence-corrected chi connectivity index (χ4v) is 2.97. The van der Waals surface area contributed by atoms with Crippen LogP contribution in [0.1, 0.15) is 12.0 Å². The summed E-state index contributed by atoms with van der Waals surface area (Å²) in [5.41, 5.74) is -0.380. The number of hydrogen-bond acceptors (Lipinski definition) is 4. The van der Waals surface area contributed by atoms with E-state index < -0.39 is 5.60 Å². The fraction of sp³-hybridized carbons (Fsp3) is 0.267. The number of urea groups is 1. The summed E-state index contributed by atoms with van der Waals surface area (Å²) in [6.07, 6.45) is 0.448. The van der Waals surface area contributed by atoms with E-state index in [9.17, 15) is 9.90 Å². The van der Waals surface area contributed by atoms with Gasteiger partial charge in [0.15, 0.2) is 0 Å². The molecule has 21 heavy (non-hydrogen) atoms. The van der Waals surface area contributed by atoms with Crippen LogP contribution in [0.4, 0.5) is 9.80 Å². The Morgan fingerprint density at radius 2 is 2.19 bits per heavy atom. The molecule has 6 heteroatoms. The normalized spacial score (nSPS) is 20.2. The Bertz CT molecular complexity index is 630. The zero-order valence-corrected chi connectivity index (χ0v) is 12.2. The molecule has 110 valence electrons. The van der Waals surface area contributed by atoms with Gasteiger partial charge in [-0.05, 0) is 23.6 Å². The van der Waals surface area contributed by atoms with Crippen molar-refractivity contribution in [2.45, 2.75) is 12.0 Å². The molecule has 5 nitrogen and oxygen atoms in total. The van der Waals surface area contributed by atoms with Crippen LogP contribution in [0, 0.1) is 0 Å². The largest absolute Gasteiger partial charge is 0.493 e. The van der Waals surface area contributed by atoms with Crippen molar-refractivity contribution >= 4 is 22.4 Å². The zero-order valence-electron chi connectivity index (χ0n) is 11.3. The molecule has 1 aromatic heterocycles. The second-order valence-electron chi connectivity index (χ2n) is 4.91. The average molecular weight is 304 g/mol. The summed E-state index contributed by atoms with van der Waals surface area (Å²) in [6, 6.07) is 10.7. The number of benzene rings is 1. The number of nitrogens with one attached hydrogen (secondary N) is 2. The SMILES string of the molecule is O=C(NC[C@]1(O)CCOc2ccccc21)Nc1cccs1. The number of rotatable bonds is 3. The molecule has 0 aliphatic carbocycles. The molecule has 2 aromatic rings. The number of para-hydroxylation sites is 1. The molecule has 0 unspecified atom stereocenters. The highest BCUT2D eigenvalue weighted by atomic mass is 32.1. The van der Waals surface area contributed by atoms with Crippen LogP contribution in [0.5, 0.6) is 5.75 Å². The lowest BCUT2D eigenvalue weighted by Gasteiger charge is -2.34. The number of hydrogen-bond donors (Lipinski definition) is 3. The van der Waals surface area contributed by atoms with Gasteiger partial charge in [0.2, 0.25) is 0 Å². The van der Waals surface area contributed by atoms with Crippen LogP contribution < -0.4 is 15.4 Å². The van der Waals surface area contributed by atoms with E-state index in [0.29, 0.717) is 24.3 Å². The van der Waals surface area contributed by atoms with Gasteiger partial charge in [0.05, 0.1) is 18.2 Å². The van der Waals surface area contributed by atoms with Gasteiger partial charge in [-0.1, -0.05) is 18.2 Å². The Morgan fingerprint density at radius 1 is 1.33 bits per heavy atom. The third-order valence-electron chi connectivity index (χ3n) is 3.46. The predicted octanol–water partition coefficient (Wildman–Crippen LogP) is 2.54. The van der Waals surface area contributed by atoms with Crippen molar-refractivity contribution in [1.82, 2.24) is 5.32 Å². The van der Waals surface area contributed by atoms with Gasteiger partial charge in [-0.25, -0.2) is 4.79 Å². The van der Waals surface area contributed by atoms with E-state index in [2.05, 4.69) is 10.6 Å². The Hall–Kier alpha value is -2.05. The van der Waals surface area contributed by atoms with Crippen LogP contribution in [0.25, 0.3) is 0 Å². The minimum Gasteiger partial charge on any atom is -0.493 e. The zero-order chi connectivity index (χ0) is 14.7. The van der Waals surface area contributed by atoms with Gasteiger partial charge >= 0.3 is 6.03 Å². The number of aliphatic hydroxyl groups is 1. The van der Waals surface area contributed by atoms with Gasteiger partial charge in [0, 0.05) is 12.0 Å². The van der Waals surface area contributed by atoms with Crippen LogP contribution in [-0.2, 0) is 5.60 Å². The van der Waals surface area contributed by atoms with E-state index in [4.69, 9.17) is 4.74 Å². The Kier molecular flexibility index (Phi) is 3.81. The van der Waals surface area contributed by atoms with Gasteiger partial charge in [0.25, 0.3) is 0 Å². The maximum Gasteiger partial charge on any atom is 0.319 e. The molecule has 0 saturated heterocycles. The second kappa shape index (κ2) is 5.75. The maximum absolute atomic E-state index is 11.8. The first-order valence-corrected chi connectivity index (χ1v) is 7.58. The molecule has 0 saturated carbocycles. The highest BCUT2D eigenvalue weighted by Gasteiger charge is 2.35. The Labute approximate surface area is 126 Å². The predicted molar refractivity (Wildman–Crippen MR) is 81.8 cm³/mol. The van der Waals surface area contributed by atoms with E-state index >= 15 is 0 Å². The summed E-state index contributed by atoms with van der Waals surface area (Å²) in [5.74, 6) is 0.673. The van der Waals surface area contributed by atoms with Gasteiger partial charge in [-0.15, -0.1) is 11.3 Å². The number of carbonyl (C=O) groups excluding carboxylic acids is 1. The molecule has 2 amide bonds. The molecule has 0 spiro atoms. The molecule has 2 heterocycles. The number of ether oxygens (including phenoxy) is 1. The summed E-state index contributed by atoms with van der Waals surface area (Å²) >= 11 is 1.45. The molecule has 0 radical (unpaired) electrons. The second-order valence-corrected chi connectivity index (χ2v) is 5.86. The van der Waals surface area contributed by atoms with Gasteiger partial charge in [-0.3, -0.25) is 5.32 Å². The average Bonchev–Trinajstić information content (AvgIpc) is 2.99. The third-order valence-corrected chi connectivity index (χ3v) is 4.25. The maximum atomic E-state index is 11.8. The lowest BCUT2D eigenvalue weighted by atomic mass is 9.88. The van der Waals surface area contributed by atoms with E-state index in [1.807, 2.05) is 41.8 Å². The number of anilines is 1. The lowest BCUT2D eigenvalue weighted by Crippen LogP contribution is -2.45. The molecule has 1 atom stereocenters. The van der Waals surface area contributed by atoms with Crippen molar-refractivity contribution in [3.63, 3.8) is 0 Å². The summed E-state index contributed by atoms with van der Waals surface area (Å²) in [6.45, 7) is 0.576. The Balaban J connectivity index is 1.66. The summed E-state index contributed by atoms with van der Waals surface area (Å²) < 4.78 is 5.52. The first kappa shape index (κ1) is 13.9. The van der Waals surface area contributed by atoms with Gasteiger partial charge < -0.3 is 15.2 Å². The van der Waals surface area contributed by atoms with Crippen LogP contribution in [0.2, 0.25) is 0 Å². The highest BCUT2D eigenvalue weighted by Crippen LogP contribution is 2.36. The lowest BCUT2D eigenvalue weighted by molar-refractivity contribution is 0.000401. The molecular weight excluding hydrogens is 288 g/mol. The quantitative estimate of drug-likeness (QED) is 0.816. The molecule has 3 rings (SSSR count). The minimum absolute atomic E-state index is 0.143. The first-order chi connectivity index (χ1) is 10.2. The fourth-order valence-electron chi connectivity index (χ4n) is 2.36. The molecule has 0 bridgehead atoms. The number of fused-ring (bicyclic) bond motifs is 1. The minimum atomic E-state index is -1.10. The van der Waals surface area contributed by atoms with Crippen molar-refractivity contribution in [1.29, 1.82) is 0 Å². The smallest absolute Gasteiger partial charge is 0.319 e. The Morgan fingerprint density at radius 3 is 3.00 bits per heavy atom. The molecule has 3 N–H and O–H groups in total. The van der Waals surface area contributed by atoms with Crippen LogP contribution in [-0.4, -0.2) is 24.3 Å². The highest BCUT2D eigenvalue weighted by molar-refractivity contribution is 7.14. The van der Waals surface area contributed by atoms with Crippen LogP contribution in [0.15, 0.2) is 41.8 Å². The molecular formula is C15H16N2O3S. The molecule has 1 aliphatic rings. The standard InChI is InChI=1S/C15H16N2O3S/c18-14(17-13-6-3-9-21-13)16-10-15(19)7-8-20-12-5-2-1-4-11(12)15/h1-6,9,19H,7-8,10H2,(H2,16,17,18)/t15-/m1/s1. The van der Waals surface area contributed by atoms with Gasteiger partial charge in [0.1, 0.15) is 11.4 Å². The van der Waals surface area contributed by atoms with Crippen molar-refractivity contribution in [2.75, 3.05) is 18.5 Å². The summed E-state index contributed by atoms with van der Waals surface area (Å²) in [4.78, 5) is 11.8. The first-order valence-electron chi connectivity index (χ1n) is 6.70. The number of thiophene rings is 1. The molecule has 1 aromatic carbocycles. The number of amides is 2. The summed E-state index contributed by atoms with van der Waals surface area (Å²) in [7, 11) is 0. The monoisotopic (exact) mass is 304 g/mol. The van der Waals surface area contributed by atoms with Crippen molar-refractivity contribution in [3.05, 3.63) is 47.3 Å². The summed E-state index contributed by atoms with van der Waals surface area (Å²) in [5, 5.41) is 18.9. The van der Waals surface area contributed by atoms with Gasteiger partial charge in [-0.2, -0.15) is 0 Å². The van der Waals surface area contributed by atoms with Crippen LogP contribution >= 0.6 is 11.3 Å². The van der Waals surface area contributed by atoms with E-state index in [1.54, 1.807) is 0 Å². The number of carbonyl (C=O) groups is 1. The van der Waals surface area contributed by atoms with Crippen molar-refractivity contribution in [2.24, 2.45) is 0 Å². The third kappa shape index (κ3) is 3.01. The van der Waals surface area contributed by atoms with E-state index in [1.165, 1.54) is 11.3 Å². The van der Waals surface area contributed by atoms with Crippen molar-refractivity contribution < 1.29 is 14.6 Å². The van der Waals surface area contributed by atoms with E-state index in [0.717, 1.165) is 5.00 Å². The molecule has 1 aliphatic heterocycles. The van der Waals surface area contributed by atoms with Crippen LogP contribution in [0.3, 0.4) is 0 Å². The van der Waals surface area contributed by atoms with Crippen molar-refractivity contribution in [3.8, 4) is 5.75 Å². The molecule has 0 fully saturated rings. The topological polar surface area (TPSA) is 70.6 Å². The van der Waals surface area contributed by atoms with E-state index in [-0.39, 0.29) is 12.6 Å².